The maximum Gasteiger partial charge on any atom is 0.123 e. The molecule has 1 aromatic heterocycles. The standard InChI is InChI=1S/C21H20FN3O/c1-25(19-6-4-18(22)5-7-19)21-13-17-14-23-24-20(17)12-16(21)3-2-15-8-10-26-11-9-15/h4-7,12-15H,8-11H2,1H3,(H,23,24). The summed E-state index contributed by atoms with van der Waals surface area (Å²) in [6.07, 6.45) is 3.75. The summed E-state index contributed by atoms with van der Waals surface area (Å²) in [5.74, 6) is 6.88. The van der Waals surface area contributed by atoms with E-state index in [9.17, 15) is 4.39 Å². The lowest BCUT2D eigenvalue weighted by atomic mass is 10.00. The molecule has 26 heavy (non-hydrogen) atoms. The number of halogens is 1. The van der Waals surface area contributed by atoms with Gasteiger partial charge in [0, 0.05) is 37.3 Å². The van der Waals surface area contributed by atoms with Gasteiger partial charge in [-0.1, -0.05) is 11.8 Å². The van der Waals surface area contributed by atoms with Gasteiger partial charge in [-0.25, -0.2) is 4.39 Å². The van der Waals surface area contributed by atoms with Crippen LogP contribution in [0.5, 0.6) is 0 Å². The Balaban J connectivity index is 1.74. The first-order valence-corrected chi connectivity index (χ1v) is 8.76. The predicted molar refractivity (Wildman–Crippen MR) is 101 cm³/mol. The number of aromatic amines is 1. The molecule has 2 aromatic carbocycles. The lowest BCUT2D eigenvalue weighted by Gasteiger charge is -2.21. The number of hydrogen-bond acceptors (Lipinski definition) is 3. The van der Waals surface area contributed by atoms with Crippen molar-refractivity contribution in [3.05, 3.63) is 54.0 Å². The Morgan fingerprint density at radius 1 is 1.19 bits per heavy atom. The number of hydrogen-bond donors (Lipinski definition) is 1. The van der Waals surface area contributed by atoms with Crippen LogP contribution >= 0.6 is 0 Å². The van der Waals surface area contributed by atoms with Crippen molar-refractivity contribution in [2.75, 3.05) is 25.2 Å². The van der Waals surface area contributed by atoms with Gasteiger partial charge in [-0.05, 0) is 49.2 Å². The number of anilines is 2. The van der Waals surface area contributed by atoms with Crippen molar-refractivity contribution in [3.8, 4) is 11.8 Å². The molecule has 1 aliphatic rings. The third-order valence-electron chi connectivity index (χ3n) is 4.76. The number of H-pyrrole nitrogens is 1. The molecule has 132 valence electrons. The molecule has 2 heterocycles. The van der Waals surface area contributed by atoms with Crippen molar-refractivity contribution in [2.45, 2.75) is 12.8 Å². The van der Waals surface area contributed by atoms with Gasteiger partial charge < -0.3 is 9.64 Å². The molecule has 0 atom stereocenters. The first kappa shape index (κ1) is 16.6. The quantitative estimate of drug-likeness (QED) is 0.703. The van der Waals surface area contributed by atoms with Crippen LogP contribution in [0.2, 0.25) is 0 Å². The third-order valence-corrected chi connectivity index (χ3v) is 4.76. The number of benzene rings is 2. The predicted octanol–water partition coefficient (Wildman–Crippen LogP) is 4.25. The van der Waals surface area contributed by atoms with Gasteiger partial charge in [0.2, 0.25) is 0 Å². The van der Waals surface area contributed by atoms with E-state index in [1.165, 1.54) is 12.1 Å². The molecule has 0 unspecified atom stereocenters. The molecule has 0 spiro atoms. The number of rotatable bonds is 2. The Hall–Kier alpha value is -2.84. The van der Waals surface area contributed by atoms with Crippen LogP contribution in [0.3, 0.4) is 0 Å². The SMILES string of the molecule is CN(c1ccc(F)cc1)c1cc2cn[nH]c2cc1C#CC1CCOCC1. The van der Waals surface area contributed by atoms with E-state index in [1.807, 2.05) is 18.0 Å². The van der Waals surface area contributed by atoms with E-state index in [1.54, 1.807) is 18.3 Å². The van der Waals surface area contributed by atoms with E-state index in [2.05, 4.69) is 28.1 Å². The van der Waals surface area contributed by atoms with Gasteiger partial charge in [0.25, 0.3) is 0 Å². The van der Waals surface area contributed by atoms with E-state index in [-0.39, 0.29) is 5.82 Å². The highest BCUT2D eigenvalue weighted by Crippen LogP contribution is 2.30. The zero-order valence-electron chi connectivity index (χ0n) is 14.6. The summed E-state index contributed by atoms with van der Waals surface area (Å²) in [6.45, 7) is 1.56. The summed E-state index contributed by atoms with van der Waals surface area (Å²) in [6, 6.07) is 10.6. The molecule has 1 fully saturated rings. The molecule has 0 aliphatic carbocycles. The van der Waals surface area contributed by atoms with Crippen molar-refractivity contribution < 1.29 is 9.13 Å². The zero-order chi connectivity index (χ0) is 17.9. The summed E-state index contributed by atoms with van der Waals surface area (Å²) in [4.78, 5) is 2.03. The van der Waals surface area contributed by atoms with Crippen molar-refractivity contribution in [1.29, 1.82) is 0 Å². The average Bonchev–Trinajstić information content (AvgIpc) is 3.14. The van der Waals surface area contributed by atoms with E-state index in [0.717, 1.165) is 53.9 Å². The van der Waals surface area contributed by atoms with Crippen LogP contribution in [-0.4, -0.2) is 30.5 Å². The molecule has 0 bridgehead atoms. The fourth-order valence-electron chi connectivity index (χ4n) is 3.18. The van der Waals surface area contributed by atoms with E-state index >= 15 is 0 Å². The molecule has 0 radical (unpaired) electrons. The lowest BCUT2D eigenvalue weighted by molar-refractivity contribution is 0.0807. The molecule has 4 nitrogen and oxygen atoms in total. The third kappa shape index (κ3) is 3.42. The van der Waals surface area contributed by atoms with Gasteiger partial charge >= 0.3 is 0 Å². The Morgan fingerprint density at radius 3 is 2.73 bits per heavy atom. The summed E-state index contributed by atoms with van der Waals surface area (Å²) in [5.41, 5.74) is 3.77. The zero-order valence-corrected chi connectivity index (χ0v) is 14.6. The minimum Gasteiger partial charge on any atom is -0.381 e. The van der Waals surface area contributed by atoms with Crippen LogP contribution < -0.4 is 4.90 Å². The molecule has 1 saturated heterocycles. The number of aromatic nitrogens is 2. The summed E-state index contributed by atoms with van der Waals surface area (Å²) in [5, 5.41) is 8.14. The lowest BCUT2D eigenvalue weighted by Crippen LogP contribution is -2.14. The first-order chi connectivity index (χ1) is 12.7. The van der Waals surface area contributed by atoms with Gasteiger partial charge in [0.05, 0.1) is 23.0 Å². The van der Waals surface area contributed by atoms with Crippen molar-refractivity contribution >= 4 is 22.3 Å². The normalized spacial score (nSPS) is 14.8. The fourth-order valence-corrected chi connectivity index (χ4v) is 3.18. The minimum atomic E-state index is -0.244. The monoisotopic (exact) mass is 349 g/mol. The molecule has 1 N–H and O–H groups in total. The number of nitrogens with one attached hydrogen (secondary N) is 1. The summed E-state index contributed by atoms with van der Waals surface area (Å²) < 4.78 is 18.7. The van der Waals surface area contributed by atoms with Crippen LogP contribution in [0, 0.1) is 23.6 Å². The second-order valence-electron chi connectivity index (χ2n) is 6.52. The summed E-state index contributed by atoms with van der Waals surface area (Å²) >= 11 is 0. The summed E-state index contributed by atoms with van der Waals surface area (Å²) in [7, 11) is 1.97. The Bertz CT molecular complexity index is 962. The number of nitrogens with zero attached hydrogens (tertiary/aromatic N) is 2. The number of ether oxygens (including phenoxy) is 1. The van der Waals surface area contributed by atoms with Crippen molar-refractivity contribution in [3.63, 3.8) is 0 Å². The molecule has 0 saturated carbocycles. The Morgan fingerprint density at radius 2 is 1.96 bits per heavy atom. The van der Waals surface area contributed by atoms with Gasteiger partial charge in [-0.2, -0.15) is 5.10 Å². The Kier molecular flexibility index (Phi) is 4.59. The smallest absolute Gasteiger partial charge is 0.123 e. The maximum atomic E-state index is 13.3. The highest BCUT2D eigenvalue weighted by atomic mass is 19.1. The molecule has 0 amide bonds. The van der Waals surface area contributed by atoms with Gasteiger partial charge in [0.15, 0.2) is 0 Å². The fraction of sp³-hybridized carbons (Fsp3) is 0.286. The molecular formula is C21H20FN3O. The van der Waals surface area contributed by atoms with Crippen LogP contribution in [-0.2, 0) is 4.74 Å². The Labute approximate surface area is 152 Å². The highest BCUT2D eigenvalue weighted by molar-refractivity contribution is 5.87. The molecular weight excluding hydrogens is 329 g/mol. The maximum absolute atomic E-state index is 13.3. The minimum absolute atomic E-state index is 0.244. The van der Waals surface area contributed by atoms with Crippen molar-refractivity contribution in [2.24, 2.45) is 5.92 Å². The van der Waals surface area contributed by atoms with Crippen LogP contribution in [0.1, 0.15) is 18.4 Å². The van der Waals surface area contributed by atoms with Crippen molar-refractivity contribution in [1.82, 2.24) is 10.2 Å². The van der Waals surface area contributed by atoms with E-state index < -0.39 is 0 Å². The molecule has 4 rings (SSSR count). The highest BCUT2D eigenvalue weighted by Gasteiger charge is 2.13. The van der Waals surface area contributed by atoms with E-state index in [0.29, 0.717) is 5.92 Å². The van der Waals surface area contributed by atoms with Crippen LogP contribution in [0.4, 0.5) is 15.8 Å². The average molecular weight is 349 g/mol. The van der Waals surface area contributed by atoms with Gasteiger partial charge in [0.1, 0.15) is 5.82 Å². The van der Waals surface area contributed by atoms with E-state index in [4.69, 9.17) is 4.74 Å². The first-order valence-electron chi connectivity index (χ1n) is 8.76. The molecule has 3 aromatic rings. The second-order valence-corrected chi connectivity index (χ2v) is 6.52. The topological polar surface area (TPSA) is 41.2 Å². The van der Waals surface area contributed by atoms with Gasteiger partial charge in [-0.15, -0.1) is 0 Å². The molecule has 5 heteroatoms. The largest absolute Gasteiger partial charge is 0.381 e. The number of fused-ring (bicyclic) bond motifs is 1. The van der Waals surface area contributed by atoms with Crippen LogP contribution in [0.25, 0.3) is 10.9 Å². The van der Waals surface area contributed by atoms with Gasteiger partial charge in [-0.3, -0.25) is 5.10 Å². The second kappa shape index (κ2) is 7.19. The molecule has 1 aliphatic heterocycles. The van der Waals surface area contributed by atoms with Crippen LogP contribution in [0.15, 0.2) is 42.6 Å².